The average Bonchev–Trinajstić information content (AvgIpc) is 3.06. The molecule has 8 nitrogen and oxygen atoms in total. The summed E-state index contributed by atoms with van der Waals surface area (Å²) in [6.07, 6.45) is 1.41. The summed E-state index contributed by atoms with van der Waals surface area (Å²) in [4.78, 5) is 16.7. The van der Waals surface area contributed by atoms with E-state index in [2.05, 4.69) is 10.2 Å². The molecule has 2 heterocycles. The maximum atomic E-state index is 12.2. The number of piperazine rings is 1. The summed E-state index contributed by atoms with van der Waals surface area (Å²) in [6, 6.07) is 7.70. The van der Waals surface area contributed by atoms with E-state index in [0.717, 1.165) is 22.8 Å². The molecular formula is C18H26N4O4S2. The van der Waals surface area contributed by atoms with Gasteiger partial charge in [0.2, 0.25) is 10.0 Å². The lowest BCUT2D eigenvalue weighted by Crippen LogP contribution is -2.48. The number of thiocarbonyl (C=S) groups is 1. The number of hydrogen-bond donors (Lipinski definition) is 1. The van der Waals surface area contributed by atoms with E-state index in [1.54, 1.807) is 4.90 Å². The van der Waals surface area contributed by atoms with Gasteiger partial charge >= 0.3 is 6.09 Å². The standard InChI is InChI=1S/C18H26N4O4S2/c1-3-17(27)19-12-16-13-22(18(23)26-16)15-6-4-14(5-7-15)20-8-10-21(11-9-20)28(2,24)25/h4-7,16H,3,8-13H2,1-2H3,(H,19,27)/t16-/m0/s1. The van der Waals surface area contributed by atoms with E-state index in [1.165, 1.54) is 10.6 Å². The Balaban J connectivity index is 1.57. The van der Waals surface area contributed by atoms with Crippen LogP contribution in [0.15, 0.2) is 24.3 Å². The van der Waals surface area contributed by atoms with Crippen LogP contribution in [0.25, 0.3) is 0 Å². The highest BCUT2D eigenvalue weighted by Gasteiger charge is 2.32. The molecule has 0 unspecified atom stereocenters. The fraction of sp³-hybridized carbons (Fsp3) is 0.556. The van der Waals surface area contributed by atoms with E-state index in [0.29, 0.717) is 39.3 Å². The predicted molar refractivity (Wildman–Crippen MR) is 114 cm³/mol. The third-order valence-electron chi connectivity index (χ3n) is 4.96. The van der Waals surface area contributed by atoms with Gasteiger partial charge in [-0.15, -0.1) is 0 Å². The molecule has 1 aromatic carbocycles. The van der Waals surface area contributed by atoms with Crippen LogP contribution in [0.3, 0.4) is 0 Å². The maximum Gasteiger partial charge on any atom is 0.414 e. The lowest BCUT2D eigenvalue weighted by atomic mass is 10.2. The molecule has 0 spiro atoms. The average molecular weight is 427 g/mol. The number of carbonyl (C=O) groups excluding carboxylic acids is 1. The van der Waals surface area contributed by atoms with Gasteiger partial charge in [0.15, 0.2) is 0 Å². The van der Waals surface area contributed by atoms with Crippen LogP contribution in [0.4, 0.5) is 16.2 Å². The Morgan fingerprint density at radius 2 is 1.79 bits per heavy atom. The molecule has 1 aromatic rings. The molecule has 2 fully saturated rings. The Kier molecular flexibility index (Phi) is 6.41. The monoisotopic (exact) mass is 426 g/mol. The highest BCUT2D eigenvalue weighted by atomic mass is 32.2. The van der Waals surface area contributed by atoms with Gasteiger partial charge in [-0.25, -0.2) is 13.2 Å². The van der Waals surface area contributed by atoms with Crippen LogP contribution in [-0.4, -0.2) is 75.4 Å². The lowest BCUT2D eigenvalue weighted by molar-refractivity contribution is 0.143. The molecule has 0 aromatic heterocycles. The number of sulfonamides is 1. The Bertz CT molecular complexity index is 820. The van der Waals surface area contributed by atoms with E-state index in [4.69, 9.17) is 17.0 Å². The van der Waals surface area contributed by atoms with E-state index in [9.17, 15) is 13.2 Å². The molecule has 3 rings (SSSR count). The number of rotatable bonds is 6. The van der Waals surface area contributed by atoms with Crippen molar-refractivity contribution in [1.29, 1.82) is 0 Å². The molecular weight excluding hydrogens is 400 g/mol. The van der Waals surface area contributed by atoms with Crippen LogP contribution in [0.1, 0.15) is 13.3 Å². The molecule has 0 saturated carbocycles. The van der Waals surface area contributed by atoms with Gasteiger partial charge in [0.25, 0.3) is 0 Å². The second kappa shape index (κ2) is 8.62. The minimum Gasteiger partial charge on any atom is -0.442 e. The minimum atomic E-state index is -3.14. The van der Waals surface area contributed by atoms with Crippen LogP contribution < -0.4 is 15.1 Å². The van der Waals surface area contributed by atoms with Crippen molar-refractivity contribution in [3.63, 3.8) is 0 Å². The highest BCUT2D eigenvalue weighted by Crippen LogP contribution is 2.25. The van der Waals surface area contributed by atoms with Crippen LogP contribution in [0, 0.1) is 0 Å². The zero-order valence-electron chi connectivity index (χ0n) is 16.1. The van der Waals surface area contributed by atoms with Crippen LogP contribution in [0.2, 0.25) is 0 Å². The quantitative estimate of drug-likeness (QED) is 0.689. The van der Waals surface area contributed by atoms with Crippen LogP contribution in [0.5, 0.6) is 0 Å². The highest BCUT2D eigenvalue weighted by molar-refractivity contribution is 7.88. The van der Waals surface area contributed by atoms with E-state index < -0.39 is 10.0 Å². The fourth-order valence-corrected chi connectivity index (χ4v) is 4.22. The molecule has 10 heteroatoms. The van der Waals surface area contributed by atoms with Crippen molar-refractivity contribution in [2.45, 2.75) is 19.4 Å². The molecule has 1 atom stereocenters. The second-order valence-electron chi connectivity index (χ2n) is 6.94. The zero-order chi connectivity index (χ0) is 20.3. The van der Waals surface area contributed by atoms with Crippen molar-refractivity contribution < 1.29 is 17.9 Å². The van der Waals surface area contributed by atoms with Crippen molar-refractivity contribution in [2.75, 3.05) is 55.3 Å². The Morgan fingerprint density at radius 3 is 2.36 bits per heavy atom. The summed E-state index contributed by atoms with van der Waals surface area (Å²) in [7, 11) is -3.14. The second-order valence-corrected chi connectivity index (χ2v) is 9.41. The molecule has 0 radical (unpaired) electrons. The van der Waals surface area contributed by atoms with Crippen LogP contribution in [-0.2, 0) is 14.8 Å². The normalized spacial score (nSPS) is 20.9. The number of cyclic esters (lactones) is 1. The largest absolute Gasteiger partial charge is 0.442 e. The third kappa shape index (κ3) is 4.92. The van der Waals surface area contributed by atoms with Crippen molar-refractivity contribution in [3.05, 3.63) is 24.3 Å². The number of carbonyl (C=O) groups is 1. The van der Waals surface area contributed by atoms with Gasteiger partial charge in [-0.3, -0.25) is 4.90 Å². The summed E-state index contributed by atoms with van der Waals surface area (Å²) < 4.78 is 30.2. The molecule has 28 heavy (non-hydrogen) atoms. The number of anilines is 2. The summed E-state index contributed by atoms with van der Waals surface area (Å²) in [5, 5.41) is 3.11. The van der Waals surface area contributed by atoms with Crippen molar-refractivity contribution in [3.8, 4) is 0 Å². The molecule has 2 saturated heterocycles. The maximum absolute atomic E-state index is 12.2. The molecule has 0 bridgehead atoms. The van der Waals surface area contributed by atoms with Gasteiger partial charge in [0, 0.05) is 37.6 Å². The van der Waals surface area contributed by atoms with Gasteiger partial charge in [-0.05, 0) is 30.7 Å². The molecule has 1 N–H and O–H groups in total. The van der Waals surface area contributed by atoms with Gasteiger partial charge in [-0.2, -0.15) is 4.31 Å². The lowest BCUT2D eigenvalue weighted by Gasteiger charge is -2.34. The minimum absolute atomic E-state index is 0.235. The summed E-state index contributed by atoms with van der Waals surface area (Å²) in [6.45, 7) is 5.21. The summed E-state index contributed by atoms with van der Waals surface area (Å²) in [5.41, 5.74) is 1.79. The number of benzene rings is 1. The number of nitrogens with one attached hydrogen (secondary N) is 1. The molecule has 2 aliphatic rings. The fourth-order valence-electron chi connectivity index (χ4n) is 3.31. The first-order valence-electron chi connectivity index (χ1n) is 9.33. The first-order valence-corrected chi connectivity index (χ1v) is 11.6. The molecule has 154 valence electrons. The molecule has 2 aliphatic heterocycles. The predicted octanol–water partition coefficient (Wildman–Crippen LogP) is 1.42. The molecule has 1 amide bonds. The topological polar surface area (TPSA) is 82.2 Å². The Labute approximate surface area is 171 Å². The zero-order valence-corrected chi connectivity index (χ0v) is 17.8. The van der Waals surface area contributed by atoms with Crippen molar-refractivity contribution in [2.24, 2.45) is 0 Å². The first kappa shape index (κ1) is 20.8. The Hall–Kier alpha value is -1.91. The first-order chi connectivity index (χ1) is 13.3. The number of hydrogen-bond acceptors (Lipinski definition) is 6. The Morgan fingerprint density at radius 1 is 1.18 bits per heavy atom. The van der Waals surface area contributed by atoms with E-state index in [-0.39, 0.29) is 12.2 Å². The van der Waals surface area contributed by atoms with E-state index >= 15 is 0 Å². The van der Waals surface area contributed by atoms with Crippen LogP contribution >= 0.6 is 12.2 Å². The van der Waals surface area contributed by atoms with E-state index in [1.807, 2.05) is 31.2 Å². The smallest absolute Gasteiger partial charge is 0.414 e. The number of ether oxygens (including phenoxy) is 1. The SMILES string of the molecule is CCC(=S)NC[C@H]1CN(c2ccc(N3CCN(S(C)(=O)=O)CC3)cc2)C(=O)O1. The molecule has 0 aliphatic carbocycles. The van der Waals surface area contributed by atoms with Crippen molar-refractivity contribution >= 4 is 44.7 Å². The number of amides is 1. The van der Waals surface area contributed by atoms with Gasteiger partial charge < -0.3 is 15.0 Å². The van der Waals surface area contributed by atoms with Crippen molar-refractivity contribution in [1.82, 2.24) is 9.62 Å². The van der Waals surface area contributed by atoms with Gasteiger partial charge in [-0.1, -0.05) is 19.1 Å². The third-order valence-corrected chi connectivity index (χ3v) is 6.69. The van der Waals surface area contributed by atoms with Gasteiger partial charge in [0.1, 0.15) is 6.10 Å². The number of nitrogens with zero attached hydrogens (tertiary/aromatic N) is 3. The van der Waals surface area contributed by atoms with Gasteiger partial charge in [0.05, 0.1) is 24.3 Å². The summed E-state index contributed by atoms with van der Waals surface area (Å²) >= 11 is 5.14. The summed E-state index contributed by atoms with van der Waals surface area (Å²) in [5.74, 6) is 0.